The molecule has 0 radical (unpaired) electrons. The minimum absolute atomic E-state index is 0.145. The zero-order valence-corrected chi connectivity index (χ0v) is 17.5. The second-order valence-electron chi connectivity index (χ2n) is 6.86. The summed E-state index contributed by atoms with van der Waals surface area (Å²) in [5, 5.41) is 14.8. The second kappa shape index (κ2) is 8.37. The maximum atomic E-state index is 13.4. The lowest BCUT2D eigenvalue weighted by Gasteiger charge is -2.16. The fourth-order valence-corrected chi connectivity index (χ4v) is 3.97. The second-order valence-corrected chi connectivity index (χ2v) is 7.27. The molecule has 0 aliphatic rings. The van der Waals surface area contributed by atoms with Gasteiger partial charge in [-0.3, -0.25) is 9.36 Å². The standard InChI is InChI=1S/C21H26ClN3O3/c1-5-14(6-2)17-11-13(3)25-19(17)21(27)24(9-10-26)20(23-25)16-8-7-15(28-4)12-18(16)22/h7-8,11-12,14,26H,5-6,9-10H2,1-4H3. The summed E-state index contributed by atoms with van der Waals surface area (Å²) in [4.78, 5) is 13.4. The first kappa shape index (κ1) is 20.4. The Hall–Kier alpha value is -2.31. The molecule has 7 heteroatoms. The number of hydrogen-bond acceptors (Lipinski definition) is 4. The van der Waals surface area contributed by atoms with Crippen molar-refractivity contribution in [1.82, 2.24) is 14.2 Å². The minimum Gasteiger partial charge on any atom is -0.497 e. The SMILES string of the molecule is CCC(CC)c1cc(C)n2nc(-c3ccc(OC)cc3Cl)n(CCO)c(=O)c12. The van der Waals surface area contributed by atoms with Crippen LogP contribution in [0.1, 0.15) is 43.9 Å². The van der Waals surface area contributed by atoms with Crippen molar-refractivity contribution < 1.29 is 9.84 Å². The number of nitrogens with zero attached hydrogens (tertiary/aromatic N) is 3. The van der Waals surface area contributed by atoms with Crippen LogP contribution in [0.3, 0.4) is 0 Å². The molecule has 1 N–H and O–H groups in total. The molecule has 0 amide bonds. The zero-order valence-electron chi connectivity index (χ0n) is 16.7. The molecule has 0 unspecified atom stereocenters. The van der Waals surface area contributed by atoms with Crippen LogP contribution in [0.4, 0.5) is 0 Å². The Balaban J connectivity index is 2.35. The van der Waals surface area contributed by atoms with E-state index in [0.717, 1.165) is 24.1 Å². The summed E-state index contributed by atoms with van der Waals surface area (Å²) in [6, 6.07) is 7.29. The summed E-state index contributed by atoms with van der Waals surface area (Å²) < 4.78 is 8.43. The largest absolute Gasteiger partial charge is 0.497 e. The highest BCUT2D eigenvalue weighted by atomic mass is 35.5. The van der Waals surface area contributed by atoms with E-state index in [-0.39, 0.29) is 24.6 Å². The molecule has 2 heterocycles. The lowest BCUT2D eigenvalue weighted by Crippen LogP contribution is -2.28. The molecular weight excluding hydrogens is 378 g/mol. The van der Waals surface area contributed by atoms with E-state index < -0.39 is 0 Å². The van der Waals surface area contributed by atoms with Crippen LogP contribution in [0.2, 0.25) is 5.02 Å². The van der Waals surface area contributed by atoms with Crippen LogP contribution < -0.4 is 10.3 Å². The molecule has 1 aromatic carbocycles. The third-order valence-corrected chi connectivity index (χ3v) is 5.56. The summed E-state index contributed by atoms with van der Waals surface area (Å²) in [5.41, 5.74) is 2.94. The molecule has 0 aliphatic heterocycles. The predicted molar refractivity (Wildman–Crippen MR) is 112 cm³/mol. The third-order valence-electron chi connectivity index (χ3n) is 5.25. The zero-order chi connectivity index (χ0) is 20.4. The first-order valence-corrected chi connectivity index (χ1v) is 9.92. The Labute approximate surface area is 169 Å². The Morgan fingerprint density at radius 1 is 1.25 bits per heavy atom. The lowest BCUT2D eigenvalue weighted by molar-refractivity contribution is 0.274. The van der Waals surface area contributed by atoms with E-state index in [2.05, 4.69) is 13.8 Å². The molecule has 0 saturated heterocycles. The maximum absolute atomic E-state index is 13.4. The molecule has 3 rings (SSSR count). The average Bonchev–Trinajstić information content (AvgIpc) is 3.01. The van der Waals surface area contributed by atoms with Crippen LogP contribution in [0.5, 0.6) is 5.75 Å². The van der Waals surface area contributed by atoms with E-state index >= 15 is 0 Å². The van der Waals surface area contributed by atoms with E-state index in [0.29, 0.717) is 27.7 Å². The smallest absolute Gasteiger partial charge is 0.278 e. The maximum Gasteiger partial charge on any atom is 0.278 e. The van der Waals surface area contributed by atoms with E-state index in [9.17, 15) is 9.90 Å². The van der Waals surface area contributed by atoms with Crippen LogP contribution in [0, 0.1) is 6.92 Å². The van der Waals surface area contributed by atoms with E-state index in [1.807, 2.05) is 13.0 Å². The summed E-state index contributed by atoms with van der Waals surface area (Å²) >= 11 is 6.45. The number of halogens is 1. The van der Waals surface area contributed by atoms with E-state index in [1.165, 1.54) is 4.57 Å². The minimum atomic E-state index is -0.168. The van der Waals surface area contributed by atoms with Gasteiger partial charge in [0.1, 0.15) is 11.3 Å². The Kier molecular flexibility index (Phi) is 6.10. The van der Waals surface area contributed by atoms with Gasteiger partial charge in [0.25, 0.3) is 5.56 Å². The molecule has 28 heavy (non-hydrogen) atoms. The molecule has 150 valence electrons. The van der Waals surface area contributed by atoms with Crippen LogP contribution in [-0.4, -0.2) is 33.0 Å². The lowest BCUT2D eigenvalue weighted by atomic mass is 9.95. The number of methoxy groups -OCH3 is 1. The molecule has 0 atom stereocenters. The summed E-state index contributed by atoms with van der Waals surface area (Å²) in [5.74, 6) is 1.34. The highest BCUT2D eigenvalue weighted by Gasteiger charge is 2.22. The molecule has 0 bridgehead atoms. The number of ether oxygens (including phenoxy) is 1. The fourth-order valence-electron chi connectivity index (χ4n) is 3.72. The Morgan fingerprint density at radius 2 is 1.96 bits per heavy atom. The first-order valence-electron chi connectivity index (χ1n) is 9.54. The number of aryl methyl sites for hydroxylation is 1. The number of aliphatic hydroxyl groups is 1. The summed E-state index contributed by atoms with van der Waals surface area (Å²) in [7, 11) is 1.57. The quantitative estimate of drug-likeness (QED) is 0.646. The Bertz CT molecular complexity index is 1050. The van der Waals surface area contributed by atoms with Crippen molar-refractivity contribution in [3.63, 3.8) is 0 Å². The Morgan fingerprint density at radius 3 is 2.54 bits per heavy atom. The van der Waals surface area contributed by atoms with Gasteiger partial charge in [-0.1, -0.05) is 25.4 Å². The van der Waals surface area contributed by atoms with Gasteiger partial charge < -0.3 is 9.84 Å². The van der Waals surface area contributed by atoms with Crippen molar-refractivity contribution in [3.8, 4) is 17.1 Å². The normalized spacial score (nSPS) is 11.5. The van der Waals surface area contributed by atoms with Crippen molar-refractivity contribution in [2.75, 3.05) is 13.7 Å². The number of aromatic nitrogens is 3. The molecule has 0 saturated carbocycles. The van der Waals surface area contributed by atoms with Crippen molar-refractivity contribution >= 4 is 17.1 Å². The molecule has 2 aromatic heterocycles. The van der Waals surface area contributed by atoms with Gasteiger partial charge in [0.05, 0.1) is 25.3 Å². The molecular formula is C21H26ClN3O3. The van der Waals surface area contributed by atoms with Gasteiger partial charge in [-0.2, -0.15) is 0 Å². The molecule has 0 spiro atoms. The highest BCUT2D eigenvalue weighted by Crippen LogP contribution is 2.32. The number of fused-ring (bicyclic) bond motifs is 1. The fraction of sp³-hybridized carbons (Fsp3) is 0.429. The molecule has 0 fully saturated rings. The molecule has 6 nitrogen and oxygen atoms in total. The van der Waals surface area contributed by atoms with E-state index in [4.69, 9.17) is 21.4 Å². The number of rotatable bonds is 7. The van der Waals surface area contributed by atoms with Gasteiger partial charge in [0.2, 0.25) is 0 Å². The summed E-state index contributed by atoms with van der Waals surface area (Å²) in [6.07, 6.45) is 1.89. The van der Waals surface area contributed by atoms with Crippen LogP contribution in [0.25, 0.3) is 16.9 Å². The third kappa shape index (κ3) is 3.42. The van der Waals surface area contributed by atoms with Gasteiger partial charge >= 0.3 is 0 Å². The first-order chi connectivity index (χ1) is 13.5. The van der Waals surface area contributed by atoms with Gasteiger partial charge in [-0.25, -0.2) is 4.52 Å². The van der Waals surface area contributed by atoms with Gasteiger partial charge in [0.15, 0.2) is 5.82 Å². The van der Waals surface area contributed by atoms with E-state index in [1.54, 1.807) is 29.8 Å². The van der Waals surface area contributed by atoms with Crippen molar-refractivity contribution in [2.24, 2.45) is 0 Å². The monoisotopic (exact) mass is 403 g/mol. The number of hydrogen-bond donors (Lipinski definition) is 1. The van der Waals surface area contributed by atoms with Crippen molar-refractivity contribution in [2.45, 2.75) is 46.1 Å². The number of aliphatic hydroxyl groups excluding tert-OH is 1. The van der Waals surface area contributed by atoms with Crippen LogP contribution >= 0.6 is 11.6 Å². The van der Waals surface area contributed by atoms with Crippen molar-refractivity contribution in [3.05, 3.63) is 50.9 Å². The number of benzene rings is 1. The van der Waals surface area contributed by atoms with Gasteiger partial charge in [0, 0.05) is 11.3 Å². The van der Waals surface area contributed by atoms with Gasteiger partial charge in [-0.05, 0) is 55.5 Å². The van der Waals surface area contributed by atoms with Gasteiger partial charge in [-0.15, -0.1) is 5.10 Å². The predicted octanol–water partition coefficient (Wildman–Crippen LogP) is 4.03. The average molecular weight is 404 g/mol. The molecule has 0 aliphatic carbocycles. The topological polar surface area (TPSA) is 68.8 Å². The molecule has 3 aromatic rings. The van der Waals surface area contributed by atoms with Crippen molar-refractivity contribution in [1.29, 1.82) is 0 Å². The van der Waals surface area contributed by atoms with Crippen LogP contribution in [0.15, 0.2) is 29.1 Å². The highest BCUT2D eigenvalue weighted by molar-refractivity contribution is 6.33. The van der Waals surface area contributed by atoms with Crippen LogP contribution in [-0.2, 0) is 6.54 Å². The summed E-state index contributed by atoms with van der Waals surface area (Å²) in [6.45, 7) is 6.17.